The first kappa shape index (κ1) is 6.49. The summed E-state index contributed by atoms with van der Waals surface area (Å²) in [7, 11) is 0. The van der Waals surface area contributed by atoms with Crippen molar-refractivity contribution in [3.05, 3.63) is 36.8 Å². The maximum Gasteiger partial charge on any atom is 0.269 e. The maximum absolute atomic E-state index is 5.01. The van der Waals surface area contributed by atoms with Crippen LogP contribution in [0.25, 0.3) is 10.9 Å². The van der Waals surface area contributed by atoms with Gasteiger partial charge in [0.05, 0.1) is 5.39 Å². The molecule has 1 aromatic heterocycles. The predicted molar refractivity (Wildman–Crippen MR) is 44.7 cm³/mol. The largest absolute Gasteiger partial charge is 0.554 e. The molecule has 54 valence electrons. The molecule has 0 saturated carbocycles. The third kappa shape index (κ3) is 1.03. The van der Waals surface area contributed by atoms with Crippen molar-refractivity contribution < 1.29 is 3.97 Å². The van der Waals surface area contributed by atoms with E-state index in [0.29, 0.717) is 0 Å². The Balaban J connectivity index is 2.91. The van der Waals surface area contributed by atoms with E-state index in [1.165, 1.54) is 0 Å². The second-order valence-electron chi connectivity index (χ2n) is 2.28. The Morgan fingerprint density at radius 1 is 1.27 bits per heavy atom. The summed E-state index contributed by atoms with van der Waals surface area (Å²) in [6.45, 7) is 0. The van der Waals surface area contributed by atoms with Crippen LogP contribution >= 0.6 is 0 Å². The molecule has 0 unspecified atom stereocenters. The third-order valence-corrected chi connectivity index (χ3v) is 1.85. The van der Waals surface area contributed by atoms with Crippen LogP contribution in [0, 0.1) is 0 Å². The van der Waals surface area contributed by atoms with Gasteiger partial charge in [0.1, 0.15) is 5.52 Å². The summed E-state index contributed by atoms with van der Waals surface area (Å²) >= 11 is 5.01. The number of nitrogens with zero attached hydrogens (tertiary/aromatic N) is 2. The summed E-state index contributed by atoms with van der Waals surface area (Å²) in [5.74, 6) is 0. The zero-order valence-electron chi connectivity index (χ0n) is 5.77. The molecule has 2 nitrogen and oxygen atoms in total. The van der Waals surface area contributed by atoms with Crippen LogP contribution in [0.5, 0.6) is 0 Å². The second-order valence-corrected chi connectivity index (χ2v) is 2.67. The summed E-state index contributed by atoms with van der Waals surface area (Å²) in [6.07, 6.45) is 3.43. The zero-order chi connectivity index (χ0) is 7.68. The quantitative estimate of drug-likeness (QED) is 0.421. The highest BCUT2D eigenvalue weighted by atomic mass is 32.1. The van der Waals surface area contributed by atoms with Gasteiger partial charge in [-0.2, -0.15) is 0 Å². The average molecular weight is 162 g/mol. The molecule has 0 saturated heterocycles. The normalized spacial score (nSPS) is 10.2. The molecule has 0 fully saturated rings. The van der Waals surface area contributed by atoms with Gasteiger partial charge in [0.2, 0.25) is 0 Å². The van der Waals surface area contributed by atoms with Gasteiger partial charge in [-0.1, -0.05) is 17.1 Å². The molecule has 0 aliphatic heterocycles. The molecule has 2 aromatic rings. The highest BCUT2D eigenvalue weighted by Gasteiger charge is 1.95. The van der Waals surface area contributed by atoms with Gasteiger partial charge in [-0.15, -0.1) is 0 Å². The standard InChI is InChI=1S/C8H6N2S/c11-10-6-9-5-7-3-1-2-4-8(7)10/h1-6H. The smallest absolute Gasteiger partial charge is 0.269 e. The molecular weight excluding hydrogens is 156 g/mol. The lowest BCUT2D eigenvalue weighted by molar-refractivity contribution is -0.465. The van der Waals surface area contributed by atoms with Crippen molar-refractivity contribution in [1.82, 2.24) is 4.98 Å². The Hall–Kier alpha value is -1.22. The molecule has 2 rings (SSSR count). The third-order valence-electron chi connectivity index (χ3n) is 1.56. The van der Waals surface area contributed by atoms with Gasteiger partial charge in [-0.3, -0.25) is 0 Å². The number of hydrogen-bond donors (Lipinski definition) is 0. The Kier molecular flexibility index (Phi) is 1.43. The van der Waals surface area contributed by atoms with Crippen LogP contribution < -0.4 is 3.97 Å². The fraction of sp³-hybridized carbons (Fsp3) is 0. The highest BCUT2D eigenvalue weighted by Crippen LogP contribution is 2.04. The predicted octanol–water partition coefficient (Wildman–Crippen LogP) is 0.832. The Labute approximate surface area is 70.1 Å². The topological polar surface area (TPSA) is 16.8 Å². The molecule has 0 N–H and O–H groups in total. The summed E-state index contributed by atoms with van der Waals surface area (Å²) in [5, 5.41) is 1.07. The SMILES string of the molecule is [S-][n+]1cncc2ccccc21. The number of rotatable bonds is 0. The van der Waals surface area contributed by atoms with E-state index in [1.807, 2.05) is 24.3 Å². The van der Waals surface area contributed by atoms with Crippen molar-refractivity contribution in [2.75, 3.05) is 0 Å². The summed E-state index contributed by atoms with van der Waals surface area (Å²) in [4.78, 5) is 3.97. The molecule has 0 amide bonds. The van der Waals surface area contributed by atoms with E-state index in [0.717, 1.165) is 10.9 Å². The van der Waals surface area contributed by atoms with Crippen LogP contribution in [0.3, 0.4) is 0 Å². The number of fused-ring (bicyclic) bond motifs is 1. The maximum atomic E-state index is 5.01. The van der Waals surface area contributed by atoms with Gasteiger partial charge in [-0.05, 0) is 12.1 Å². The first-order valence-corrected chi connectivity index (χ1v) is 3.66. The average Bonchev–Trinajstić information content (AvgIpc) is 2.06. The number of para-hydroxylation sites is 1. The van der Waals surface area contributed by atoms with Gasteiger partial charge < -0.3 is 16.8 Å². The van der Waals surface area contributed by atoms with Gasteiger partial charge in [0, 0.05) is 0 Å². The summed E-state index contributed by atoms with van der Waals surface area (Å²) < 4.78 is 1.59. The monoisotopic (exact) mass is 162 g/mol. The summed E-state index contributed by atoms with van der Waals surface area (Å²) in [6, 6.07) is 7.90. The minimum atomic E-state index is 1.03. The van der Waals surface area contributed by atoms with Crippen LogP contribution in [0.1, 0.15) is 0 Å². The molecule has 0 aliphatic carbocycles. The Morgan fingerprint density at radius 2 is 2.09 bits per heavy atom. The van der Waals surface area contributed by atoms with Crippen molar-refractivity contribution in [3.8, 4) is 0 Å². The lowest BCUT2D eigenvalue weighted by Gasteiger charge is -2.02. The van der Waals surface area contributed by atoms with Crippen molar-refractivity contribution in [3.63, 3.8) is 0 Å². The van der Waals surface area contributed by atoms with E-state index in [9.17, 15) is 0 Å². The minimum absolute atomic E-state index is 1.03. The van der Waals surface area contributed by atoms with Crippen LogP contribution in [0.15, 0.2) is 36.8 Å². The molecular formula is C8H6N2S. The Morgan fingerprint density at radius 3 is 2.91 bits per heavy atom. The van der Waals surface area contributed by atoms with Gasteiger partial charge in [0.15, 0.2) is 6.20 Å². The van der Waals surface area contributed by atoms with Crippen LogP contribution in [-0.2, 0) is 12.8 Å². The number of benzene rings is 1. The van der Waals surface area contributed by atoms with Crippen LogP contribution in [0.4, 0.5) is 0 Å². The number of aromatic nitrogens is 2. The first-order chi connectivity index (χ1) is 5.38. The van der Waals surface area contributed by atoms with E-state index in [4.69, 9.17) is 12.8 Å². The van der Waals surface area contributed by atoms with E-state index >= 15 is 0 Å². The van der Waals surface area contributed by atoms with Crippen LogP contribution in [-0.4, -0.2) is 4.98 Å². The molecule has 3 heteroatoms. The molecule has 0 radical (unpaired) electrons. The number of hydrogen-bond acceptors (Lipinski definition) is 2. The molecule has 0 aliphatic rings. The first-order valence-electron chi connectivity index (χ1n) is 3.30. The van der Waals surface area contributed by atoms with Gasteiger partial charge in [-0.25, -0.2) is 0 Å². The zero-order valence-corrected chi connectivity index (χ0v) is 6.58. The Bertz CT molecular complexity index is 381. The molecule has 0 atom stereocenters. The molecule has 0 spiro atoms. The van der Waals surface area contributed by atoms with Gasteiger partial charge >= 0.3 is 0 Å². The van der Waals surface area contributed by atoms with Crippen molar-refractivity contribution in [2.45, 2.75) is 0 Å². The summed E-state index contributed by atoms with van der Waals surface area (Å²) in [5.41, 5.74) is 1.03. The molecule has 11 heavy (non-hydrogen) atoms. The van der Waals surface area contributed by atoms with Crippen LogP contribution in [0.2, 0.25) is 0 Å². The fourth-order valence-electron chi connectivity index (χ4n) is 1.03. The van der Waals surface area contributed by atoms with E-state index in [1.54, 1.807) is 16.5 Å². The lowest BCUT2D eigenvalue weighted by atomic mass is 10.2. The fourth-order valence-corrected chi connectivity index (χ4v) is 1.25. The van der Waals surface area contributed by atoms with E-state index in [-0.39, 0.29) is 0 Å². The lowest BCUT2D eigenvalue weighted by Crippen LogP contribution is -2.27. The second kappa shape index (κ2) is 2.43. The van der Waals surface area contributed by atoms with E-state index in [2.05, 4.69) is 4.98 Å². The minimum Gasteiger partial charge on any atom is -0.554 e. The van der Waals surface area contributed by atoms with Crippen molar-refractivity contribution in [1.29, 1.82) is 0 Å². The molecule has 0 bridgehead atoms. The van der Waals surface area contributed by atoms with Gasteiger partial charge in [0.25, 0.3) is 6.33 Å². The van der Waals surface area contributed by atoms with Crippen molar-refractivity contribution >= 4 is 23.7 Å². The highest BCUT2D eigenvalue weighted by molar-refractivity contribution is 7.51. The van der Waals surface area contributed by atoms with E-state index < -0.39 is 0 Å². The molecule has 1 aromatic carbocycles. The van der Waals surface area contributed by atoms with Crippen molar-refractivity contribution in [2.24, 2.45) is 0 Å². The molecule has 1 heterocycles.